The summed E-state index contributed by atoms with van der Waals surface area (Å²) in [4.78, 5) is 27.2. The van der Waals surface area contributed by atoms with Crippen molar-refractivity contribution in [3.8, 4) is 0 Å². The molecule has 0 aromatic heterocycles. The summed E-state index contributed by atoms with van der Waals surface area (Å²) in [5.74, 6) is -0.804. The summed E-state index contributed by atoms with van der Waals surface area (Å²) >= 11 is 0. The largest absolute Gasteiger partial charge is 0.349 e. The molecule has 1 saturated heterocycles. The first-order valence-corrected chi connectivity index (χ1v) is 8.78. The molecule has 2 amide bonds. The van der Waals surface area contributed by atoms with Crippen LogP contribution in [0.15, 0.2) is 18.2 Å². The van der Waals surface area contributed by atoms with Crippen molar-refractivity contribution in [2.24, 2.45) is 5.92 Å². The summed E-state index contributed by atoms with van der Waals surface area (Å²) < 4.78 is 26.7. The molecule has 6 heteroatoms. The average molecular weight is 352 g/mol. The van der Waals surface area contributed by atoms with E-state index in [1.54, 1.807) is 14.1 Å². The van der Waals surface area contributed by atoms with Gasteiger partial charge in [-0.1, -0.05) is 6.07 Å². The number of benzene rings is 1. The topological polar surface area (TPSA) is 40.6 Å². The molecular weight excluding hydrogens is 326 g/mol. The van der Waals surface area contributed by atoms with Crippen LogP contribution in [0.2, 0.25) is 0 Å². The minimum atomic E-state index is -0.567. The van der Waals surface area contributed by atoms with Gasteiger partial charge in [0.15, 0.2) is 0 Å². The molecule has 25 heavy (non-hydrogen) atoms. The summed E-state index contributed by atoms with van der Waals surface area (Å²) in [6.07, 6.45) is 3.69. The maximum absolute atomic E-state index is 13.7. The number of rotatable bonds is 6. The summed E-state index contributed by atoms with van der Waals surface area (Å²) in [7, 11) is 3.36. The third-order valence-corrected chi connectivity index (χ3v) is 4.76. The minimum absolute atomic E-state index is 0.00728. The lowest BCUT2D eigenvalue weighted by molar-refractivity contribution is -0.137. The summed E-state index contributed by atoms with van der Waals surface area (Å²) in [5, 5.41) is 0. The lowest BCUT2D eigenvalue weighted by atomic mass is 9.91. The van der Waals surface area contributed by atoms with E-state index in [0.29, 0.717) is 24.4 Å². The fourth-order valence-electron chi connectivity index (χ4n) is 3.21. The normalized spacial score (nSPS) is 17.4. The van der Waals surface area contributed by atoms with Crippen molar-refractivity contribution in [1.29, 1.82) is 0 Å². The van der Waals surface area contributed by atoms with E-state index >= 15 is 0 Å². The minimum Gasteiger partial charge on any atom is -0.349 e. The van der Waals surface area contributed by atoms with E-state index < -0.39 is 11.6 Å². The van der Waals surface area contributed by atoms with Gasteiger partial charge in [-0.15, -0.1) is 0 Å². The second-order valence-electron chi connectivity index (χ2n) is 6.91. The number of amides is 2. The fourth-order valence-corrected chi connectivity index (χ4v) is 3.21. The van der Waals surface area contributed by atoms with Crippen molar-refractivity contribution in [3.05, 3.63) is 35.4 Å². The van der Waals surface area contributed by atoms with Crippen molar-refractivity contribution in [2.75, 3.05) is 27.2 Å². The number of nitrogens with zero attached hydrogens (tertiary/aromatic N) is 2. The Kier molecular flexibility index (Phi) is 6.91. The monoisotopic (exact) mass is 352 g/mol. The number of hydrogen-bond donors (Lipinski definition) is 0. The van der Waals surface area contributed by atoms with Crippen LogP contribution in [0.5, 0.6) is 0 Å². The number of piperidine rings is 1. The van der Waals surface area contributed by atoms with E-state index in [1.165, 1.54) is 17.0 Å². The molecule has 0 bridgehead atoms. The number of hydrogen-bond acceptors (Lipinski definition) is 2. The highest BCUT2D eigenvalue weighted by molar-refractivity contribution is 5.83. The second kappa shape index (κ2) is 8.92. The van der Waals surface area contributed by atoms with Crippen LogP contribution in [0, 0.1) is 17.6 Å². The molecule has 0 aliphatic carbocycles. The van der Waals surface area contributed by atoms with Gasteiger partial charge in [0.2, 0.25) is 11.8 Å². The number of halogens is 2. The van der Waals surface area contributed by atoms with Gasteiger partial charge in [-0.3, -0.25) is 9.59 Å². The SMILES string of the molecule is CN(C)C(=O)CCC(=O)N1CCCC(CCc2ccc(F)cc2F)C1. The molecule has 0 saturated carbocycles. The van der Waals surface area contributed by atoms with Crippen LogP contribution in [0.4, 0.5) is 8.78 Å². The number of carbonyl (C=O) groups is 2. The van der Waals surface area contributed by atoms with Gasteiger partial charge in [0.05, 0.1) is 0 Å². The lowest BCUT2D eigenvalue weighted by Crippen LogP contribution is -2.40. The van der Waals surface area contributed by atoms with Gasteiger partial charge in [0, 0.05) is 46.1 Å². The first-order chi connectivity index (χ1) is 11.9. The Labute approximate surface area is 147 Å². The molecule has 0 N–H and O–H groups in total. The highest BCUT2D eigenvalue weighted by atomic mass is 19.1. The van der Waals surface area contributed by atoms with Crippen LogP contribution in [0.1, 0.15) is 37.7 Å². The van der Waals surface area contributed by atoms with Crippen LogP contribution in [-0.4, -0.2) is 48.8 Å². The van der Waals surface area contributed by atoms with E-state index in [4.69, 9.17) is 0 Å². The molecule has 1 fully saturated rings. The molecule has 1 unspecified atom stereocenters. The highest BCUT2D eigenvalue weighted by Crippen LogP contribution is 2.23. The van der Waals surface area contributed by atoms with Crippen molar-refractivity contribution >= 4 is 11.8 Å². The molecule has 2 rings (SSSR count). The Morgan fingerprint density at radius 3 is 2.68 bits per heavy atom. The van der Waals surface area contributed by atoms with Crippen LogP contribution in [-0.2, 0) is 16.0 Å². The predicted octanol–water partition coefficient (Wildman–Crippen LogP) is 3.00. The molecule has 138 valence electrons. The molecule has 1 heterocycles. The van der Waals surface area contributed by atoms with Gasteiger partial charge in [-0.05, 0) is 43.2 Å². The van der Waals surface area contributed by atoms with Crippen molar-refractivity contribution < 1.29 is 18.4 Å². The smallest absolute Gasteiger partial charge is 0.223 e. The lowest BCUT2D eigenvalue weighted by Gasteiger charge is -2.33. The molecular formula is C19H26F2N2O2. The molecule has 1 aromatic carbocycles. The predicted molar refractivity (Wildman–Crippen MR) is 91.9 cm³/mol. The van der Waals surface area contributed by atoms with Gasteiger partial charge < -0.3 is 9.80 Å². The zero-order valence-electron chi connectivity index (χ0n) is 14.9. The first-order valence-electron chi connectivity index (χ1n) is 8.78. The third kappa shape index (κ3) is 5.80. The molecule has 1 aromatic rings. The van der Waals surface area contributed by atoms with Crippen molar-refractivity contribution in [2.45, 2.75) is 38.5 Å². The van der Waals surface area contributed by atoms with E-state index in [-0.39, 0.29) is 24.7 Å². The van der Waals surface area contributed by atoms with E-state index in [2.05, 4.69) is 0 Å². The number of aryl methyl sites for hydroxylation is 1. The third-order valence-electron chi connectivity index (χ3n) is 4.76. The number of carbonyl (C=O) groups excluding carboxylic acids is 2. The Balaban J connectivity index is 1.81. The Morgan fingerprint density at radius 2 is 2.00 bits per heavy atom. The Bertz CT molecular complexity index is 619. The average Bonchev–Trinajstić information content (AvgIpc) is 2.58. The number of likely N-dealkylation sites (tertiary alicyclic amines) is 1. The highest BCUT2D eigenvalue weighted by Gasteiger charge is 2.24. The quantitative estimate of drug-likeness (QED) is 0.790. The van der Waals surface area contributed by atoms with Crippen LogP contribution >= 0.6 is 0 Å². The zero-order chi connectivity index (χ0) is 18.4. The van der Waals surface area contributed by atoms with Gasteiger partial charge >= 0.3 is 0 Å². The first kappa shape index (κ1) is 19.3. The maximum atomic E-state index is 13.7. The van der Waals surface area contributed by atoms with E-state index in [9.17, 15) is 18.4 Å². The fraction of sp³-hybridized carbons (Fsp3) is 0.579. The van der Waals surface area contributed by atoms with Crippen molar-refractivity contribution in [1.82, 2.24) is 9.80 Å². The second-order valence-corrected chi connectivity index (χ2v) is 6.91. The van der Waals surface area contributed by atoms with Gasteiger partial charge in [-0.2, -0.15) is 0 Å². The summed E-state index contributed by atoms with van der Waals surface area (Å²) in [6.45, 7) is 1.37. The van der Waals surface area contributed by atoms with Crippen LogP contribution in [0.3, 0.4) is 0 Å². The van der Waals surface area contributed by atoms with Crippen molar-refractivity contribution in [3.63, 3.8) is 0 Å². The van der Waals surface area contributed by atoms with Gasteiger partial charge in [0.1, 0.15) is 11.6 Å². The zero-order valence-corrected chi connectivity index (χ0v) is 14.9. The van der Waals surface area contributed by atoms with E-state index in [1.807, 2.05) is 4.90 Å². The van der Waals surface area contributed by atoms with Gasteiger partial charge in [0.25, 0.3) is 0 Å². The molecule has 0 spiro atoms. The molecule has 0 radical (unpaired) electrons. The van der Waals surface area contributed by atoms with Crippen LogP contribution in [0.25, 0.3) is 0 Å². The molecule has 1 aliphatic rings. The Morgan fingerprint density at radius 1 is 1.24 bits per heavy atom. The molecule has 1 aliphatic heterocycles. The van der Waals surface area contributed by atoms with Crippen LogP contribution < -0.4 is 0 Å². The summed E-state index contributed by atoms with van der Waals surface area (Å²) in [5.41, 5.74) is 0.515. The standard InChI is InChI=1S/C19H26F2N2O2/c1-22(2)18(24)9-10-19(25)23-11-3-4-14(13-23)5-6-15-7-8-16(20)12-17(15)21/h7-8,12,14H,3-6,9-11,13H2,1-2H3. The van der Waals surface area contributed by atoms with Gasteiger partial charge in [-0.25, -0.2) is 8.78 Å². The summed E-state index contributed by atoms with van der Waals surface area (Å²) in [6, 6.07) is 3.67. The maximum Gasteiger partial charge on any atom is 0.223 e. The Hall–Kier alpha value is -1.98. The molecule has 4 nitrogen and oxygen atoms in total. The molecule has 1 atom stereocenters. The van der Waals surface area contributed by atoms with E-state index in [0.717, 1.165) is 31.9 Å².